The molecule has 1 rings (SSSR count). The highest BCUT2D eigenvalue weighted by Gasteiger charge is 2.15. The fraction of sp³-hybridized carbons (Fsp3) is 0.500. The van der Waals surface area contributed by atoms with E-state index in [1.807, 2.05) is 6.92 Å². The summed E-state index contributed by atoms with van der Waals surface area (Å²) in [6.45, 7) is 4.00. The Kier molecular flexibility index (Phi) is 5.59. The van der Waals surface area contributed by atoms with Crippen LogP contribution in [-0.4, -0.2) is 32.7 Å². The molecule has 0 saturated carbocycles. The van der Waals surface area contributed by atoms with Crippen molar-refractivity contribution in [3.8, 4) is 0 Å². The average Bonchev–Trinajstić information content (AvgIpc) is 2.32. The van der Waals surface area contributed by atoms with Crippen molar-refractivity contribution in [2.75, 3.05) is 24.2 Å². The van der Waals surface area contributed by atoms with Gasteiger partial charge in [-0.3, -0.25) is 0 Å². The lowest BCUT2D eigenvalue weighted by Gasteiger charge is -2.16. The zero-order chi connectivity index (χ0) is 14.5. The first-order valence-corrected chi connectivity index (χ1v) is 7.65. The molecule has 0 amide bonds. The summed E-state index contributed by atoms with van der Waals surface area (Å²) in [4.78, 5) is 0.169. The molecular weight excluding hydrogens is 266 g/mol. The molecule has 0 spiro atoms. The third kappa shape index (κ3) is 4.38. The number of benzene rings is 1. The summed E-state index contributed by atoms with van der Waals surface area (Å²) >= 11 is 0. The summed E-state index contributed by atoms with van der Waals surface area (Å²) < 4.78 is 26.2. The summed E-state index contributed by atoms with van der Waals surface area (Å²) in [6, 6.07) is 4.53. The Labute approximate surface area is 114 Å². The molecular formula is C12H21N3O3S. The Balaban J connectivity index is 3.01. The molecule has 0 bridgehead atoms. The van der Waals surface area contributed by atoms with Crippen LogP contribution in [0, 0.1) is 0 Å². The lowest BCUT2D eigenvalue weighted by Crippen LogP contribution is -2.24. The van der Waals surface area contributed by atoms with Gasteiger partial charge in [0.15, 0.2) is 0 Å². The molecule has 0 aliphatic carbocycles. The quantitative estimate of drug-likeness (QED) is 0.554. The van der Waals surface area contributed by atoms with Gasteiger partial charge in [-0.25, -0.2) is 13.1 Å². The molecule has 6 nitrogen and oxygen atoms in total. The normalized spacial score (nSPS) is 13.2. The highest BCUT2D eigenvalue weighted by Crippen LogP contribution is 2.23. The predicted octanol–water partition coefficient (Wildman–Crippen LogP) is 0.750. The average molecular weight is 287 g/mol. The monoisotopic (exact) mass is 287 g/mol. The SMILES string of the molecule is CCNS(=O)(=O)c1ccc(N)c(NC(C)CCO)c1. The van der Waals surface area contributed by atoms with Crippen molar-refractivity contribution in [2.24, 2.45) is 0 Å². The molecule has 0 aliphatic heterocycles. The molecule has 0 aliphatic rings. The number of nitrogen functional groups attached to an aromatic ring is 1. The summed E-state index contributed by atoms with van der Waals surface area (Å²) in [6.07, 6.45) is 0.559. The lowest BCUT2D eigenvalue weighted by atomic mass is 10.2. The van der Waals surface area contributed by atoms with E-state index in [0.717, 1.165) is 0 Å². The molecule has 0 radical (unpaired) electrons. The van der Waals surface area contributed by atoms with Crippen LogP contribution in [0.1, 0.15) is 20.3 Å². The van der Waals surface area contributed by atoms with Crippen molar-refractivity contribution in [3.05, 3.63) is 18.2 Å². The summed E-state index contributed by atoms with van der Waals surface area (Å²) in [7, 11) is -3.49. The molecule has 1 aromatic rings. The van der Waals surface area contributed by atoms with E-state index in [1.165, 1.54) is 12.1 Å². The van der Waals surface area contributed by atoms with Crippen LogP contribution in [0.4, 0.5) is 11.4 Å². The summed E-state index contributed by atoms with van der Waals surface area (Å²) in [5, 5.41) is 11.9. The van der Waals surface area contributed by atoms with Gasteiger partial charge >= 0.3 is 0 Å². The van der Waals surface area contributed by atoms with E-state index in [1.54, 1.807) is 13.0 Å². The largest absolute Gasteiger partial charge is 0.397 e. The number of aliphatic hydroxyl groups excluding tert-OH is 1. The van der Waals surface area contributed by atoms with E-state index in [4.69, 9.17) is 10.8 Å². The van der Waals surface area contributed by atoms with E-state index in [2.05, 4.69) is 10.0 Å². The number of anilines is 2. The Morgan fingerprint density at radius 2 is 2.11 bits per heavy atom. The van der Waals surface area contributed by atoms with E-state index >= 15 is 0 Å². The van der Waals surface area contributed by atoms with Crippen LogP contribution >= 0.6 is 0 Å². The predicted molar refractivity (Wildman–Crippen MR) is 76.5 cm³/mol. The first-order valence-electron chi connectivity index (χ1n) is 6.17. The second-order valence-electron chi connectivity index (χ2n) is 4.31. The molecule has 108 valence electrons. The molecule has 1 atom stereocenters. The molecule has 7 heteroatoms. The molecule has 5 N–H and O–H groups in total. The highest BCUT2D eigenvalue weighted by atomic mass is 32.2. The van der Waals surface area contributed by atoms with Gasteiger partial charge in [-0.15, -0.1) is 0 Å². The number of rotatable bonds is 7. The third-order valence-corrected chi connectivity index (χ3v) is 4.18. The zero-order valence-corrected chi connectivity index (χ0v) is 12.0. The minimum Gasteiger partial charge on any atom is -0.397 e. The van der Waals surface area contributed by atoms with Crippen molar-refractivity contribution >= 4 is 21.4 Å². The summed E-state index contributed by atoms with van der Waals surface area (Å²) in [5.41, 5.74) is 6.84. The van der Waals surface area contributed by atoms with Crippen LogP contribution in [0.15, 0.2) is 23.1 Å². The van der Waals surface area contributed by atoms with Gasteiger partial charge in [0.2, 0.25) is 10.0 Å². The summed E-state index contributed by atoms with van der Waals surface area (Å²) in [5.74, 6) is 0. The number of nitrogens with one attached hydrogen (secondary N) is 2. The first-order chi connectivity index (χ1) is 8.90. The lowest BCUT2D eigenvalue weighted by molar-refractivity contribution is 0.282. The van der Waals surface area contributed by atoms with Gasteiger partial charge in [-0.05, 0) is 31.5 Å². The van der Waals surface area contributed by atoms with Gasteiger partial charge in [0, 0.05) is 19.2 Å². The van der Waals surface area contributed by atoms with Crippen molar-refractivity contribution < 1.29 is 13.5 Å². The zero-order valence-electron chi connectivity index (χ0n) is 11.2. The maximum atomic E-state index is 11.9. The third-order valence-electron chi connectivity index (χ3n) is 2.63. The van der Waals surface area contributed by atoms with Gasteiger partial charge in [-0.1, -0.05) is 6.92 Å². The molecule has 1 aromatic carbocycles. The second-order valence-corrected chi connectivity index (χ2v) is 6.08. The minimum absolute atomic E-state index is 0.00406. The van der Waals surface area contributed by atoms with Crippen molar-refractivity contribution in [1.29, 1.82) is 0 Å². The van der Waals surface area contributed by atoms with Crippen molar-refractivity contribution in [3.63, 3.8) is 0 Å². The maximum Gasteiger partial charge on any atom is 0.240 e. The first kappa shape index (κ1) is 15.7. The molecule has 1 unspecified atom stereocenters. The number of nitrogens with two attached hydrogens (primary N) is 1. The van der Waals surface area contributed by atoms with Crippen LogP contribution in [0.2, 0.25) is 0 Å². The minimum atomic E-state index is -3.49. The van der Waals surface area contributed by atoms with Gasteiger partial charge in [0.25, 0.3) is 0 Å². The van der Waals surface area contributed by atoms with Crippen LogP contribution < -0.4 is 15.8 Å². The van der Waals surface area contributed by atoms with E-state index < -0.39 is 10.0 Å². The van der Waals surface area contributed by atoms with Crippen LogP contribution in [0.5, 0.6) is 0 Å². The van der Waals surface area contributed by atoms with Crippen molar-refractivity contribution in [1.82, 2.24) is 4.72 Å². The molecule has 0 fully saturated rings. The molecule has 19 heavy (non-hydrogen) atoms. The standard InChI is InChI=1S/C12H21N3O3S/c1-3-14-19(17,18)10-4-5-11(13)12(8-10)15-9(2)6-7-16/h4-5,8-9,14-16H,3,6-7,13H2,1-2H3. The van der Waals surface area contributed by atoms with E-state index in [9.17, 15) is 8.42 Å². The fourth-order valence-electron chi connectivity index (χ4n) is 1.63. The molecule has 0 saturated heterocycles. The molecule has 0 aromatic heterocycles. The number of hydrogen-bond donors (Lipinski definition) is 4. The van der Waals surface area contributed by atoms with Crippen LogP contribution in [0.25, 0.3) is 0 Å². The fourth-order valence-corrected chi connectivity index (χ4v) is 2.70. The Morgan fingerprint density at radius 1 is 1.42 bits per heavy atom. The smallest absolute Gasteiger partial charge is 0.240 e. The Bertz CT molecular complexity index is 517. The molecule has 0 heterocycles. The van der Waals surface area contributed by atoms with Gasteiger partial charge < -0.3 is 16.2 Å². The van der Waals surface area contributed by atoms with Gasteiger partial charge in [0.1, 0.15) is 0 Å². The Hall–Kier alpha value is -1.31. The topological polar surface area (TPSA) is 104 Å². The van der Waals surface area contributed by atoms with Gasteiger partial charge in [-0.2, -0.15) is 0 Å². The van der Waals surface area contributed by atoms with Crippen LogP contribution in [0.3, 0.4) is 0 Å². The highest BCUT2D eigenvalue weighted by molar-refractivity contribution is 7.89. The number of aliphatic hydroxyl groups is 1. The number of hydrogen-bond acceptors (Lipinski definition) is 5. The van der Waals surface area contributed by atoms with Crippen molar-refractivity contribution in [2.45, 2.75) is 31.2 Å². The second kappa shape index (κ2) is 6.74. The van der Waals surface area contributed by atoms with Crippen LogP contribution in [-0.2, 0) is 10.0 Å². The van der Waals surface area contributed by atoms with Gasteiger partial charge in [0.05, 0.1) is 16.3 Å². The number of sulfonamides is 1. The van der Waals surface area contributed by atoms with E-state index in [0.29, 0.717) is 24.3 Å². The Morgan fingerprint density at radius 3 is 2.68 bits per heavy atom. The van der Waals surface area contributed by atoms with E-state index in [-0.39, 0.29) is 17.5 Å². The maximum absolute atomic E-state index is 11.9.